The fourth-order valence-electron chi connectivity index (χ4n) is 3.00. The SMILES string of the molecule is Cc1ccc(C)n1-c1c(C(=O)NCc2ccccc2OC(F)(F)F)cnn1C. The number of aryl methyl sites for hydroxylation is 3. The molecule has 3 aromatic rings. The molecule has 0 radical (unpaired) electrons. The summed E-state index contributed by atoms with van der Waals surface area (Å²) < 4.78 is 45.1. The molecule has 1 aromatic carbocycles. The second-order valence-corrected chi connectivity index (χ2v) is 6.30. The molecule has 1 amide bonds. The summed E-state index contributed by atoms with van der Waals surface area (Å²) in [6.45, 7) is 3.70. The molecule has 28 heavy (non-hydrogen) atoms. The number of nitrogens with one attached hydrogen (secondary N) is 1. The first-order valence-electron chi connectivity index (χ1n) is 8.46. The van der Waals surface area contributed by atoms with Gasteiger partial charge in [-0.05, 0) is 32.0 Å². The molecule has 0 spiro atoms. The lowest BCUT2D eigenvalue weighted by molar-refractivity contribution is -0.274. The Morgan fingerprint density at radius 1 is 1.14 bits per heavy atom. The van der Waals surface area contributed by atoms with Gasteiger partial charge >= 0.3 is 6.36 Å². The van der Waals surface area contributed by atoms with Gasteiger partial charge in [0, 0.05) is 30.5 Å². The van der Waals surface area contributed by atoms with E-state index in [1.165, 1.54) is 24.4 Å². The summed E-state index contributed by atoms with van der Waals surface area (Å²) in [6.07, 6.45) is -3.37. The number of halogens is 3. The molecule has 0 saturated carbocycles. The second kappa shape index (κ2) is 7.41. The second-order valence-electron chi connectivity index (χ2n) is 6.30. The zero-order valence-electron chi connectivity index (χ0n) is 15.5. The predicted molar refractivity (Wildman–Crippen MR) is 96.3 cm³/mol. The van der Waals surface area contributed by atoms with Crippen LogP contribution in [0.5, 0.6) is 5.75 Å². The van der Waals surface area contributed by atoms with E-state index >= 15 is 0 Å². The van der Waals surface area contributed by atoms with E-state index in [-0.39, 0.29) is 17.9 Å². The van der Waals surface area contributed by atoms with Crippen molar-refractivity contribution >= 4 is 5.91 Å². The van der Waals surface area contributed by atoms with Crippen molar-refractivity contribution in [3.8, 4) is 11.6 Å². The number of carbonyl (C=O) groups is 1. The van der Waals surface area contributed by atoms with Crippen molar-refractivity contribution in [3.63, 3.8) is 0 Å². The predicted octanol–water partition coefficient (Wildman–Crippen LogP) is 3.66. The van der Waals surface area contributed by atoms with Gasteiger partial charge in [0.15, 0.2) is 0 Å². The Labute approximate surface area is 159 Å². The van der Waals surface area contributed by atoms with Crippen molar-refractivity contribution in [2.75, 3.05) is 0 Å². The van der Waals surface area contributed by atoms with Crippen LogP contribution in [0.2, 0.25) is 0 Å². The van der Waals surface area contributed by atoms with Crippen molar-refractivity contribution in [1.29, 1.82) is 0 Å². The molecule has 3 rings (SSSR count). The maximum Gasteiger partial charge on any atom is 0.573 e. The Hall–Kier alpha value is -3.23. The number of carbonyl (C=O) groups excluding carboxylic acids is 1. The molecular weight excluding hydrogens is 373 g/mol. The van der Waals surface area contributed by atoms with Crippen LogP contribution >= 0.6 is 0 Å². The van der Waals surface area contributed by atoms with Gasteiger partial charge in [-0.1, -0.05) is 18.2 Å². The summed E-state index contributed by atoms with van der Waals surface area (Å²) in [7, 11) is 1.72. The molecule has 0 bridgehead atoms. The number of aromatic nitrogens is 3. The number of benzene rings is 1. The molecule has 0 saturated heterocycles. The van der Waals surface area contributed by atoms with E-state index in [2.05, 4.69) is 15.2 Å². The fraction of sp³-hybridized carbons (Fsp3) is 0.263. The van der Waals surface area contributed by atoms with E-state index in [0.29, 0.717) is 11.4 Å². The molecule has 0 aliphatic heterocycles. The number of hydrogen-bond donors (Lipinski definition) is 1. The minimum absolute atomic E-state index is 0.122. The van der Waals surface area contributed by atoms with E-state index < -0.39 is 12.3 Å². The molecule has 148 valence electrons. The number of nitrogens with zero attached hydrogens (tertiary/aromatic N) is 3. The van der Waals surface area contributed by atoms with Crippen LogP contribution in [-0.2, 0) is 13.6 Å². The molecule has 6 nitrogen and oxygen atoms in total. The first-order valence-corrected chi connectivity index (χ1v) is 8.46. The molecule has 9 heteroatoms. The van der Waals surface area contributed by atoms with Crippen LogP contribution in [0.1, 0.15) is 27.3 Å². The van der Waals surface area contributed by atoms with Gasteiger partial charge in [-0.15, -0.1) is 13.2 Å². The van der Waals surface area contributed by atoms with Crippen LogP contribution in [-0.4, -0.2) is 26.6 Å². The third-order valence-corrected chi connectivity index (χ3v) is 4.27. The summed E-state index contributed by atoms with van der Waals surface area (Å²) >= 11 is 0. The summed E-state index contributed by atoms with van der Waals surface area (Å²) in [4.78, 5) is 12.7. The topological polar surface area (TPSA) is 61.1 Å². The minimum Gasteiger partial charge on any atom is -0.405 e. The zero-order chi connectivity index (χ0) is 20.5. The third kappa shape index (κ3) is 4.03. The standard InChI is InChI=1S/C19H19F3N4O2/c1-12-8-9-13(2)26(12)18-15(11-24-25(18)3)17(27)23-10-14-6-4-5-7-16(14)28-19(20,21)22/h4-9,11H,10H2,1-3H3,(H,23,27). The average Bonchev–Trinajstić information content (AvgIpc) is 3.14. The molecule has 0 atom stereocenters. The van der Waals surface area contributed by atoms with E-state index in [9.17, 15) is 18.0 Å². The number of hydrogen-bond acceptors (Lipinski definition) is 3. The van der Waals surface area contributed by atoms with Crippen LogP contribution in [0.25, 0.3) is 5.82 Å². The monoisotopic (exact) mass is 392 g/mol. The number of alkyl halides is 3. The van der Waals surface area contributed by atoms with E-state index in [1.54, 1.807) is 17.8 Å². The van der Waals surface area contributed by atoms with Crippen LogP contribution in [0, 0.1) is 13.8 Å². The maximum atomic E-state index is 12.7. The number of ether oxygens (including phenoxy) is 1. The summed E-state index contributed by atoms with van der Waals surface area (Å²) in [5.74, 6) is -0.214. The Balaban J connectivity index is 1.83. The fourth-order valence-corrected chi connectivity index (χ4v) is 3.00. The Morgan fingerprint density at radius 2 is 1.79 bits per heavy atom. The van der Waals surface area contributed by atoms with Crippen LogP contribution < -0.4 is 10.1 Å². The highest BCUT2D eigenvalue weighted by molar-refractivity contribution is 5.97. The van der Waals surface area contributed by atoms with Crippen molar-refractivity contribution in [1.82, 2.24) is 19.7 Å². The molecule has 0 unspecified atom stereocenters. The number of para-hydroxylation sites is 1. The Morgan fingerprint density at radius 3 is 2.43 bits per heavy atom. The smallest absolute Gasteiger partial charge is 0.405 e. The lowest BCUT2D eigenvalue weighted by Crippen LogP contribution is -2.25. The Kier molecular flexibility index (Phi) is 5.17. The quantitative estimate of drug-likeness (QED) is 0.721. The van der Waals surface area contributed by atoms with Gasteiger partial charge in [-0.3, -0.25) is 9.48 Å². The molecule has 1 N–H and O–H groups in total. The van der Waals surface area contributed by atoms with Gasteiger partial charge < -0.3 is 14.6 Å². The van der Waals surface area contributed by atoms with Crippen molar-refractivity contribution < 1.29 is 22.7 Å². The highest BCUT2D eigenvalue weighted by atomic mass is 19.4. The molecule has 2 aromatic heterocycles. The highest BCUT2D eigenvalue weighted by Gasteiger charge is 2.32. The number of amides is 1. The summed E-state index contributed by atoms with van der Waals surface area (Å²) in [5, 5.41) is 6.80. The van der Waals surface area contributed by atoms with Gasteiger partial charge in [-0.2, -0.15) is 5.10 Å². The first-order chi connectivity index (χ1) is 13.2. The lowest BCUT2D eigenvalue weighted by atomic mass is 10.2. The van der Waals surface area contributed by atoms with Crippen molar-refractivity contribution in [2.45, 2.75) is 26.8 Å². The summed E-state index contributed by atoms with van der Waals surface area (Å²) in [6, 6.07) is 9.53. The van der Waals surface area contributed by atoms with Crippen LogP contribution in [0.3, 0.4) is 0 Å². The highest BCUT2D eigenvalue weighted by Crippen LogP contribution is 2.26. The molecule has 0 fully saturated rings. The van der Waals surface area contributed by atoms with Gasteiger partial charge in [0.2, 0.25) is 0 Å². The van der Waals surface area contributed by atoms with Gasteiger partial charge in [0.1, 0.15) is 17.1 Å². The third-order valence-electron chi connectivity index (χ3n) is 4.27. The normalized spacial score (nSPS) is 11.5. The van der Waals surface area contributed by atoms with Crippen molar-refractivity contribution in [3.05, 3.63) is 65.1 Å². The summed E-state index contributed by atoms with van der Waals surface area (Å²) in [5.41, 5.74) is 2.39. The van der Waals surface area contributed by atoms with E-state index in [1.807, 2.05) is 30.5 Å². The van der Waals surface area contributed by atoms with Gasteiger partial charge in [-0.25, -0.2) is 0 Å². The maximum absolute atomic E-state index is 12.7. The molecule has 2 heterocycles. The van der Waals surface area contributed by atoms with Crippen LogP contribution in [0.4, 0.5) is 13.2 Å². The zero-order valence-corrected chi connectivity index (χ0v) is 15.5. The van der Waals surface area contributed by atoms with Crippen LogP contribution in [0.15, 0.2) is 42.6 Å². The largest absolute Gasteiger partial charge is 0.573 e. The van der Waals surface area contributed by atoms with Gasteiger partial charge in [0.25, 0.3) is 5.91 Å². The molecular formula is C19H19F3N4O2. The first kappa shape index (κ1) is 19.5. The lowest BCUT2D eigenvalue weighted by Gasteiger charge is -2.14. The molecule has 0 aliphatic carbocycles. The number of rotatable bonds is 5. The Bertz CT molecular complexity index is 986. The van der Waals surface area contributed by atoms with E-state index in [0.717, 1.165) is 11.4 Å². The van der Waals surface area contributed by atoms with E-state index in [4.69, 9.17) is 0 Å². The average molecular weight is 392 g/mol. The van der Waals surface area contributed by atoms with Crippen molar-refractivity contribution in [2.24, 2.45) is 7.05 Å². The molecule has 0 aliphatic rings. The van der Waals surface area contributed by atoms with Gasteiger partial charge in [0.05, 0.1) is 6.20 Å². The minimum atomic E-state index is -4.81.